The van der Waals surface area contributed by atoms with Crippen molar-refractivity contribution in [1.82, 2.24) is 5.32 Å². The first kappa shape index (κ1) is 20.9. The molecule has 2 aromatic rings. The number of carbonyl (C=O) groups excluding carboxylic acids is 1. The van der Waals surface area contributed by atoms with Gasteiger partial charge in [0.15, 0.2) is 0 Å². The predicted molar refractivity (Wildman–Crippen MR) is 105 cm³/mol. The predicted octanol–water partition coefficient (Wildman–Crippen LogP) is 3.22. The summed E-state index contributed by atoms with van der Waals surface area (Å²) in [6, 6.07) is 9.69. The number of aromatic hydroxyl groups is 1. The molecule has 0 radical (unpaired) electrons. The maximum atomic E-state index is 12.7. The second-order valence-corrected chi connectivity index (χ2v) is 8.75. The molecule has 2 rings (SSSR count). The Hall–Kier alpha value is -2.38. The Balaban J connectivity index is 2.28. The highest BCUT2D eigenvalue weighted by Gasteiger charge is 2.19. The van der Waals surface area contributed by atoms with Gasteiger partial charge in [0.1, 0.15) is 5.75 Å². The van der Waals surface area contributed by atoms with E-state index in [9.17, 15) is 18.3 Å². The summed E-state index contributed by atoms with van der Waals surface area (Å²) in [6.07, 6.45) is 0. The minimum Gasteiger partial charge on any atom is -0.507 e. The molecule has 4 N–H and O–H groups in total. The number of benzene rings is 2. The van der Waals surface area contributed by atoms with E-state index >= 15 is 0 Å². The molecule has 0 aliphatic rings. The smallest absolute Gasteiger partial charge is 0.255 e. The molecule has 7 heteroatoms. The summed E-state index contributed by atoms with van der Waals surface area (Å²) >= 11 is 0. The van der Waals surface area contributed by atoms with Gasteiger partial charge in [-0.2, -0.15) is 0 Å². The number of amides is 1. The normalized spacial score (nSPS) is 11.8. The van der Waals surface area contributed by atoms with Crippen LogP contribution in [0.25, 0.3) is 0 Å². The molecule has 146 valence electrons. The lowest BCUT2D eigenvalue weighted by molar-refractivity contribution is 0.0948. The Labute approximate surface area is 160 Å². The Bertz CT molecular complexity index is 950. The number of hydrogen-bond acceptors (Lipinski definition) is 4. The number of phenols is 1. The monoisotopic (exact) mass is 390 g/mol. The Morgan fingerprint density at radius 1 is 1.11 bits per heavy atom. The van der Waals surface area contributed by atoms with Crippen molar-refractivity contribution in [2.45, 2.75) is 51.0 Å². The number of phenolic OH excluding ortho intramolecular Hbond substituents is 1. The molecule has 27 heavy (non-hydrogen) atoms. The zero-order valence-corrected chi connectivity index (χ0v) is 16.8. The third kappa shape index (κ3) is 5.08. The van der Waals surface area contributed by atoms with Crippen LogP contribution in [0.1, 0.15) is 66.6 Å². The number of rotatable bonds is 6. The number of nitrogens with one attached hydrogen (secondary N) is 1. The molecule has 1 amide bonds. The molecule has 2 aromatic carbocycles. The van der Waals surface area contributed by atoms with Crippen molar-refractivity contribution in [3.05, 3.63) is 58.7 Å². The van der Waals surface area contributed by atoms with Crippen LogP contribution in [0.3, 0.4) is 0 Å². The Kier molecular flexibility index (Phi) is 6.28. The van der Waals surface area contributed by atoms with Crippen molar-refractivity contribution < 1.29 is 18.3 Å². The molecule has 0 spiro atoms. The maximum absolute atomic E-state index is 12.7. The van der Waals surface area contributed by atoms with Gasteiger partial charge in [-0.3, -0.25) is 4.79 Å². The van der Waals surface area contributed by atoms with Crippen LogP contribution in [0.15, 0.2) is 41.3 Å². The van der Waals surface area contributed by atoms with Gasteiger partial charge >= 0.3 is 0 Å². The summed E-state index contributed by atoms with van der Waals surface area (Å²) < 4.78 is 22.9. The lowest BCUT2D eigenvalue weighted by Gasteiger charge is -2.17. The molecule has 0 aliphatic heterocycles. The molecule has 0 saturated heterocycles. The second-order valence-electron chi connectivity index (χ2n) is 7.19. The second kappa shape index (κ2) is 8.10. The van der Waals surface area contributed by atoms with Gasteiger partial charge in [-0.25, -0.2) is 13.6 Å². The van der Waals surface area contributed by atoms with Crippen LogP contribution in [-0.2, 0) is 16.6 Å². The minimum atomic E-state index is -3.81. The lowest BCUT2D eigenvalue weighted by atomic mass is 9.91. The van der Waals surface area contributed by atoms with E-state index in [1.165, 1.54) is 12.1 Å². The van der Waals surface area contributed by atoms with Crippen LogP contribution in [0, 0.1) is 0 Å². The molecule has 0 aromatic heterocycles. The van der Waals surface area contributed by atoms with Crippen molar-refractivity contribution in [1.29, 1.82) is 0 Å². The summed E-state index contributed by atoms with van der Waals surface area (Å²) in [6.45, 7) is 8.08. The fourth-order valence-corrected chi connectivity index (χ4v) is 3.32. The summed E-state index contributed by atoms with van der Waals surface area (Å²) in [5.41, 5.74) is 2.51. The van der Waals surface area contributed by atoms with Crippen LogP contribution in [0.4, 0.5) is 0 Å². The first-order valence-corrected chi connectivity index (χ1v) is 10.3. The van der Waals surface area contributed by atoms with E-state index in [1.54, 1.807) is 18.2 Å². The number of sulfonamides is 1. The number of nitrogens with two attached hydrogens (primary N) is 1. The van der Waals surface area contributed by atoms with Crippen LogP contribution in [0.2, 0.25) is 0 Å². The SMILES string of the molecule is CC(C)c1cc(C(=O)NCc2cccc(S(N)(=O)=O)c2)c(O)c(C(C)C)c1. The van der Waals surface area contributed by atoms with Crippen LogP contribution in [0.5, 0.6) is 5.75 Å². The van der Waals surface area contributed by atoms with Crippen molar-refractivity contribution in [3.63, 3.8) is 0 Å². The summed E-state index contributed by atoms with van der Waals surface area (Å²) in [5, 5.41) is 18.4. The van der Waals surface area contributed by atoms with Gasteiger partial charge < -0.3 is 10.4 Å². The van der Waals surface area contributed by atoms with Crippen LogP contribution in [-0.4, -0.2) is 19.4 Å². The van der Waals surface area contributed by atoms with Crippen molar-refractivity contribution in [2.24, 2.45) is 5.14 Å². The zero-order chi connectivity index (χ0) is 20.4. The van der Waals surface area contributed by atoms with Gasteiger partial charge in [0.05, 0.1) is 10.5 Å². The van der Waals surface area contributed by atoms with E-state index in [0.717, 1.165) is 11.1 Å². The largest absolute Gasteiger partial charge is 0.507 e. The maximum Gasteiger partial charge on any atom is 0.255 e. The lowest BCUT2D eigenvalue weighted by Crippen LogP contribution is -2.24. The highest BCUT2D eigenvalue weighted by atomic mass is 32.2. The number of carbonyl (C=O) groups is 1. The van der Waals surface area contributed by atoms with Gasteiger partial charge in [0.25, 0.3) is 5.91 Å². The molecule has 0 atom stereocenters. The molecule has 6 nitrogen and oxygen atoms in total. The summed E-state index contributed by atoms with van der Waals surface area (Å²) in [4.78, 5) is 12.6. The molecule has 0 fully saturated rings. The van der Waals surface area contributed by atoms with Gasteiger partial charge in [-0.15, -0.1) is 0 Å². The zero-order valence-electron chi connectivity index (χ0n) is 16.0. The quantitative estimate of drug-likeness (QED) is 0.703. The van der Waals surface area contributed by atoms with Gasteiger partial charge in [-0.05, 0) is 46.7 Å². The Morgan fingerprint density at radius 2 is 1.78 bits per heavy atom. The van der Waals surface area contributed by atoms with E-state index in [0.29, 0.717) is 5.56 Å². The van der Waals surface area contributed by atoms with E-state index in [2.05, 4.69) is 5.32 Å². The standard InChI is InChI=1S/C20H26N2O4S/c1-12(2)15-9-17(13(3)4)19(23)18(10-15)20(24)22-11-14-6-5-7-16(8-14)27(21,25)26/h5-10,12-13,23H,11H2,1-4H3,(H,22,24)(H2,21,25,26). The summed E-state index contributed by atoms with van der Waals surface area (Å²) in [7, 11) is -3.81. The minimum absolute atomic E-state index is 0.0130. The third-order valence-electron chi connectivity index (χ3n) is 4.38. The highest BCUT2D eigenvalue weighted by Crippen LogP contribution is 2.33. The van der Waals surface area contributed by atoms with Crippen molar-refractivity contribution >= 4 is 15.9 Å². The fourth-order valence-electron chi connectivity index (χ4n) is 2.74. The van der Waals surface area contributed by atoms with Crippen LogP contribution >= 0.6 is 0 Å². The first-order chi connectivity index (χ1) is 12.5. The third-order valence-corrected chi connectivity index (χ3v) is 5.29. The summed E-state index contributed by atoms with van der Waals surface area (Å²) in [5.74, 6) is -0.161. The average molecular weight is 391 g/mol. The highest BCUT2D eigenvalue weighted by molar-refractivity contribution is 7.89. The first-order valence-electron chi connectivity index (χ1n) is 8.77. The van der Waals surface area contributed by atoms with E-state index in [1.807, 2.05) is 33.8 Å². The Morgan fingerprint density at radius 3 is 2.33 bits per heavy atom. The van der Waals surface area contributed by atoms with E-state index < -0.39 is 15.9 Å². The van der Waals surface area contributed by atoms with Crippen LogP contribution < -0.4 is 10.5 Å². The van der Waals surface area contributed by atoms with E-state index in [-0.39, 0.29) is 34.6 Å². The van der Waals surface area contributed by atoms with Crippen molar-refractivity contribution in [3.8, 4) is 5.75 Å². The molecule has 0 unspecified atom stereocenters. The molecular formula is C20H26N2O4S. The topological polar surface area (TPSA) is 109 Å². The number of hydrogen-bond donors (Lipinski definition) is 3. The molecule has 0 heterocycles. The molecule has 0 saturated carbocycles. The van der Waals surface area contributed by atoms with Crippen molar-refractivity contribution in [2.75, 3.05) is 0 Å². The molecule has 0 bridgehead atoms. The number of primary sulfonamides is 1. The van der Waals surface area contributed by atoms with Gasteiger partial charge in [-0.1, -0.05) is 45.9 Å². The van der Waals surface area contributed by atoms with Gasteiger partial charge in [0.2, 0.25) is 10.0 Å². The average Bonchev–Trinajstić information content (AvgIpc) is 2.58. The van der Waals surface area contributed by atoms with E-state index in [4.69, 9.17) is 5.14 Å². The molecule has 0 aliphatic carbocycles. The molecular weight excluding hydrogens is 364 g/mol. The van der Waals surface area contributed by atoms with Gasteiger partial charge in [0, 0.05) is 6.54 Å². The fraction of sp³-hybridized carbons (Fsp3) is 0.350.